The molecule has 1 heterocycles. The molecule has 2 nitrogen and oxygen atoms in total. The Morgan fingerprint density at radius 3 is 2.81 bits per heavy atom. The molecular formula is C17H20Cl2N2. The van der Waals surface area contributed by atoms with Crippen molar-refractivity contribution in [2.24, 2.45) is 13.0 Å². The van der Waals surface area contributed by atoms with Crippen molar-refractivity contribution in [1.82, 2.24) is 9.78 Å². The van der Waals surface area contributed by atoms with E-state index in [9.17, 15) is 0 Å². The fourth-order valence-electron chi connectivity index (χ4n) is 3.34. The number of alkyl halides is 1. The lowest BCUT2D eigenvalue weighted by Crippen LogP contribution is -2.13. The first-order valence-electron chi connectivity index (χ1n) is 7.47. The Hall–Kier alpha value is -0.990. The summed E-state index contributed by atoms with van der Waals surface area (Å²) in [6.07, 6.45) is 4.31. The summed E-state index contributed by atoms with van der Waals surface area (Å²) in [4.78, 5) is 0. The van der Waals surface area contributed by atoms with Crippen molar-refractivity contribution in [3.05, 3.63) is 51.8 Å². The van der Waals surface area contributed by atoms with Gasteiger partial charge in [0.15, 0.2) is 0 Å². The van der Waals surface area contributed by atoms with E-state index in [2.05, 4.69) is 29.4 Å². The molecular weight excluding hydrogens is 303 g/mol. The summed E-state index contributed by atoms with van der Waals surface area (Å²) in [6, 6.07) is 8.55. The molecule has 2 aromatic rings. The van der Waals surface area contributed by atoms with Crippen LogP contribution in [0.4, 0.5) is 0 Å². The minimum atomic E-state index is 0.0509. The molecule has 1 aliphatic rings. The standard InChI is InChI=1S/C17H20Cl2N2/c1-11-16(18)15(21(2)20-11)10-13-8-5-7-12-6-3-4-9-14(12)17(13)19/h3-4,6,9,13,17H,5,7-8,10H2,1-2H3. The Morgan fingerprint density at radius 2 is 2.10 bits per heavy atom. The number of benzene rings is 1. The summed E-state index contributed by atoms with van der Waals surface area (Å²) in [5.74, 6) is 0.405. The summed E-state index contributed by atoms with van der Waals surface area (Å²) < 4.78 is 1.90. The maximum atomic E-state index is 6.81. The van der Waals surface area contributed by atoms with E-state index in [-0.39, 0.29) is 5.38 Å². The molecule has 0 amide bonds. The number of hydrogen-bond donors (Lipinski definition) is 0. The van der Waals surface area contributed by atoms with Gasteiger partial charge in [-0.25, -0.2) is 0 Å². The third-order valence-electron chi connectivity index (χ3n) is 4.50. The Balaban J connectivity index is 1.89. The van der Waals surface area contributed by atoms with Gasteiger partial charge in [-0.05, 0) is 49.7 Å². The van der Waals surface area contributed by atoms with Crippen molar-refractivity contribution in [1.29, 1.82) is 0 Å². The molecule has 0 fully saturated rings. The number of hydrogen-bond acceptors (Lipinski definition) is 1. The smallest absolute Gasteiger partial charge is 0.0847 e. The predicted molar refractivity (Wildman–Crippen MR) is 88.1 cm³/mol. The van der Waals surface area contributed by atoms with Crippen LogP contribution in [0.1, 0.15) is 40.7 Å². The Morgan fingerprint density at radius 1 is 1.33 bits per heavy atom. The number of halogens is 2. The third-order valence-corrected chi connectivity index (χ3v) is 5.59. The van der Waals surface area contributed by atoms with E-state index in [0.717, 1.165) is 35.7 Å². The van der Waals surface area contributed by atoms with Gasteiger partial charge in [-0.2, -0.15) is 5.10 Å². The zero-order valence-electron chi connectivity index (χ0n) is 12.4. The van der Waals surface area contributed by atoms with Crippen LogP contribution in [0.2, 0.25) is 5.02 Å². The molecule has 112 valence electrons. The molecule has 2 unspecified atom stereocenters. The lowest BCUT2D eigenvalue weighted by atomic mass is 9.92. The first kappa shape index (κ1) is 14.9. The fraction of sp³-hybridized carbons (Fsp3) is 0.471. The zero-order chi connectivity index (χ0) is 15.0. The average molecular weight is 323 g/mol. The van der Waals surface area contributed by atoms with Crippen LogP contribution in [0, 0.1) is 12.8 Å². The highest BCUT2D eigenvalue weighted by atomic mass is 35.5. The van der Waals surface area contributed by atoms with E-state index in [1.807, 2.05) is 18.7 Å². The van der Waals surface area contributed by atoms with Crippen molar-refractivity contribution < 1.29 is 0 Å². The highest BCUT2D eigenvalue weighted by molar-refractivity contribution is 6.31. The van der Waals surface area contributed by atoms with E-state index >= 15 is 0 Å². The Labute approximate surface area is 136 Å². The van der Waals surface area contributed by atoms with Gasteiger partial charge in [-0.1, -0.05) is 35.9 Å². The maximum absolute atomic E-state index is 6.81. The van der Waals surface area contributed by atoms with Gasteiger partial charge >= 0.3 is 0 Å². The topological polar surface area (TPSA) is 17.8 Å². The normalized spacial score (nSPS) is 21.9. The monoisotopic (exact) mass is 322 g/mol. The highest BCUT2D eigenvalue weighted by Gasteiger charge is 2.28. The summed E-state index contributed by atoms with van der Waals surface area (Å²) in [6.45, 7) is 1.95. The molecule has 3 rings (SSSR count). The average Bonchev–Trinajstić information content (AvgIpc) is 2.63. The van der Waals surface area contributed by atoms with E-state index in [1.165, 1.54) is 17.5 Å². The zero-order valence-corrected chi connectivity index (χ0v) is 14.0. The maximum Gasteiger partial charge on any atom is 0.0847 e. The van der Waals surface area contributed by atoms with Crippen LogP contribution < -0.4 is 0 Å². The van der Waals surface area contributed by atoms with Crippen LogP contribution in [-0.2, 0) is 19.9 Å². The highest BCUT2D eigenvalue weighted by Crippen LogP contribution is 2.40. The van der Waals surface area contributed by atoms with Gasteiger partial charge < -0.3 is 0 Å². The molecule has 0 spiro atoms. The summed E-state index contributed by atoms with van der Waals surface area (Å²) in [5, 5.41) is 5.25. The summed E-state index contributed by atoms with van der Waals surface area (Å²) in [5.41, 5.74) is 4.68. The van der Waals surface area contributed by atoms with Gasteiger partial charge in [-0.3, -0.25) is 4.68 Å². The Bertz CT molecular complexity index is 648. The van der Waals surface area contributed by atoms with Gasteiger partial charge in [0.25, 0.3) is 0 Å². The molecule has 1 aromatic heterocycles. The molecule has 0 N–H and O–H groups in total. The third kappa shape index (κ3) is 2.84. The number of aromatic nitrogens is 2. The molecule has 4 heteroatoms. The summed E-state index contributed by atoms with van der Waals surface area (Å²) >= 11 is 13.2. The predicted octanol–water partition coefficient (Wildman–Crippen LogP) is 4.86. The van der Waals surface area contributed by atoms with Crippen molar-refractivity contribution in [2.45, 2.75) is 38.0 Å². The van der Waals surface area contributed by atoms with Crippen molar-refractivity contribution in [2.75, 3.05) is 0 Å². The largest absolute Gasteiger partial charge is 0.271 e. The van der Waals surface area contributed by atoms with Gasteiger partial charge in [0.05, 0.1) is 21.8 Å². The van der Waals surface area contributed by atoms with Gasteiger partial charge in [-0.15, -0.1) is 11.6 Å². The van der Waals surface area contributed by atoms with E-state index < -0.39 is 0 Å². The van der Waals surface area contributed by atoms with Gasteiger partial charge in [0.2, 0.25) is 0 Å². The lowest BCUT2D eigenvalue weighted by Gasteiger charge is -2.21. The number of rotatable bonds is 2. The molecule has 0 bridgehead atoms. The first-order valence-corrected chi connectivity index (χ1v) is 8.29. The van der Waals surface area contributed by atoms with Crippen molar-refractivity contribution in [3.63, 3.8) is 0 Å². The van der Waals surface area contributed by atoms with Crippen LogP contribution >= 0.6 is 23.2 Å². The SMILES string of the molecule is Cc1nn(C)c(CC2CCCc3ccccc3C2Cl)c1Cl. The molecule has 1 aliphatic carbocycles. The quantitative estimate of drug-likeness (QED) is 0.570. The first-order chi connectivity index (χ1) is 10.1. The van der Waals surface area contributed by atoms with E-state index in [0.29, 0.717) is 5.92 Å². The van der Waals surface area contributed by atoms with Gasteiger partial charge in [0.1, 0.15) is 0 Å². The van der Waals surface area contributed by atoms with Crippen LogP contribution in [0.5, 0.6) is 0 Å². The molecule has 21 heavy (non-hydrogen) atoms. The number of nitrogens with zero attached hydrogens (tertiary/aromatic N) is 2. The minimum absolute atomic E-state index is 0.0509. The number of fused-ring (bicyclic) bond motifs is 1. The van der Waals surface area contributed by atoms with Crippen LogP contribution in [0.25, 0.3) is 0 Å². The van der Waals surface area contributed by atoms with Crippen LogP contribution in [-0.4, -0.2) is 9.78 Å². The fourth-order valence-corrected chi connectivity index (χ4v) is 4.01. The molecule has 2 atom stereocenters. The lowest BCUT2D eigenvalue weighted by molar-refractivity contribution is 0.451. The van der Waals surface area contributed by atoms with Gasteiger partial charge in [0, 0.05) is 7.05 Å². The molecule has 0 radical (unpaired) electrons. The van der Waals surface area contributed by atoms with E-state index in [1.54, 1.807) is 0 Å². The van der Waals surface area contributed by atoms with Crippen LogP contribution in [0.15, 0.2) is 24.3 Å². The van der Waals surface area contributed by atoms with Crippen LogP contribution in [0.3, 0.4) is 0 Å². The minimum Gasteiger partial charge on any atom is -0.271 e. The second-order valence-corrected chi connectivity index (χ2v) is 6.77. The second kappa shape index (κ2) is 6.02. The molecule has 0 saturated carbocycles. The van der Waals surface area contributed by atoms with Crippen molar-refractivity contribution in [3.8, 4) is 0 Å². The number of aryl methyl sites for hydroxylation is 3. The second-order valence-electron chi connectivity index (χ2n) is 5.93. The summed E-state index contributed by atoms with van der Waals surface area (Å²) in [7, 11) is 1.96. The Kier molecular flexibility index (Phi) is 4.28. The van der Waals surface area contributed by atoms with Crippen molar-refractivity contribution >= 4 is 23.2 Å². The molecule has 1 aromatic carbocycles. The molecule has 0 saturated heterocycles. The van der Waals surface area contributed by atoms with E-state index in [4.69, 9.17) is 23.2 Å². The molecule has 0 aliphatic heterocycles.